The van der Waals surface area contributed by atoms with Gasteiger partial charge in [-0.15, -0.1) is 0 Å². The number of hydrogen-bond acceptors (Lipinski definition) is 1. The molecule has 23 heavy (non-hydrogen) atoms. The van der Waals surface area contributed by atoms with Crippen molar-refractivity contribution in [1.82, 2.24) is 0 Å². The smallest absolute Gasteiger partial charge is 0.0568 e. The van der Waals surface area contributed by atoms with Crippen LogP contribution in [0.25, 0.3) is 0 Å². The van der Waals surface area contributed by atoms with Gasteiger partial charge < -0.3 is 5.32 Å². The first kappa shape index (κ1) is 15.4. The first-order valence-electron chi connectivity index (χ1n) is 7.73. The highest BCUT2D eigenvalue weighted by atomic mass is 35.5. The molecule has 0 saturated heterocycles. The first-order valence-corrected chi connectivity index (χ1v) is 8.86. The summed E-state index contributed by atoms with van der Waals surface area (Å²) in [6.07, 6.45) is 5.60. The Kier molecular flexibility index (Phi) is 3.84. The fraction of sp³-hybridized carbons (Fsp3) is 0.263. The number of rotatable bonds is 1. The maximum absolute atomic E-state index is 6.48. The van der Waals surface area contributed by atoms with E-state index in [1.165, 1.54) is 16.8 Å². The molecule has 4 heteroatoms. The van der Waals surface area contributed by atoms with Crippen molar-refractivity contribution in [2.24, 2.45) is 5.92 Å². The minimum atomic E-state index is 0.173. The molecular formula is C19H16Cl3N. The largest absolute Gasteiger partial charge is 0.377 e. The minimum absolute atomic E-state index is 0.173. The molecule has 3 atom stereocenters. The third-order valence-corrected chi connectivity index (χ3v) is 5.71. The standard InChI is InChI=1S/C19H16Cl3N/c1-10-7-12(21)8-16-13-3-2-4-14(13)19(23-18(10)16)15-6-5-11(20)9-17(15)22/h2-3,5-9,13-14,19,23H,4H2,1H3/t13-,14+,19-/m0/s1. The molecule has 1 heterocycles. The molecule has 0 spiro atoms. The fourth-order valence-corrected chi connectivity index (χ4v) is 4.71. The van der Waals surface area contributed by atoms with Gasteiger partial charge in [-0.1, -0.05) is 53.0 Å². The van der Waals surface area contributed by atoms with Crippen molar-refractivity contribution in [3.8, 4) is 0 Å². The maximum atomic E-state index is 6.48. The lowest BCUT2D eigenvalue weighted by atomic mass is 9.76. The zero-order valence-corrected chi connectivity index (χ0v) is 14.9. The predicted octanol–water partition coefficient (Wildman–Crippen LogP) is 6.78. The molecular weight excluding hydrogens is 349 g/mol. The van der Waals surface area contributed by atoms with E-state index in [2.05, 4.69) is 30.5 Å². The average molecular weight is 365 g/mol. The van der Waals surface area contributed by atoms with Crippen LogP contribution in [0.15, 0.2) is 42.5 Å². The summed E-state index contributed by atoms with van der Waals surface area (Å²) in [6, 6.07) is 10.0. The van der Waals surface area contributed by atoms with Crippen LogP contribution in [0, 0.1) is 12.8 Å². The number of halogens is 3. The summed E-state index contributed by atoms with van der Waals surface area (Å²) in [6.45, 7) is 2.09. The van der Waals surface area contributed by atoms with E-state index >= 15 is 0 Å². The van der Waals surface area contributed by atoms with Gasteiger partial charge in [0.2, 0.25) is 0 Å². The number of nitrogens with one attached hydrogen (secondary N) is 1. The molecule has 0 fully saturated rings. The van der Waals surface area contributed by atoms with E-state index < -0.39 is 0 Å². The van der Waals surface area contributed by atoms with Gasteiger partial charge in [-0.3, -0.25) is 0 Å². The molecule has 118 valence electrons. The fourth-order valence-electron chi connectivity index (χ4n) is 3.90. The molecule has 4 rings (SSSR count). The summed E-state index contributed by atoms with van der Waals surface area (Å²) in [5.41, 5.74) is 4.74. The third-order valence-electron chi connectivity index (χ3n) is 4.93. The molecule has 0 aromatic heterocycles. The summed E-state index contributed by atoms with van der Waals surface area (Å²) in [5.74, 6) is 0.819. The van der Waals surface area contributed by atoms with Crippen molar-refractivity contribution in [3.63, 3.8) is 0 Å². The van der Waals surface area contributed by atoms with E-state index in [9.17, 15) is 0 Å². The Hall–Kier alpha value is -1.15. The molecule has 0 unspecified atom stereocenters. The average Bonchev–Trinajstić information content (AvgIpc) is 2.97. The quantitative estimate of drug-likeness (QED) is 0.550. The number of benzene rings is 2. The Morgan fingerprint density at radius 2 is 1.83 bits per heavy atom. The molecule has 2 aromatic carbocycles. The van der Waals surface area contributed by atoms with Gasteiger partial charge in [-0.05, 0) is 60.2 Å². The van der Waals surface area contributed by atoms with E-state index in [1.807, 2.05) is 24.3 Å². The zero-order valence-electron chi connectivity index (χ0n) is 12.6. The molecule has 0 bridgehead atoms. The van der Waals surface area contributed by atoms with Crippen LogP contribution < -0.4 is 5.32 Å². The summed E-state index contributed by atoms with van der Waals surface area (Å²) < 4.78 is 0. The maximum Gasteiger partial charge on any atom is 0.0568 e. The highest BCUT2D eigenvalue weighted by Crippen LogP contribution is 2.52. The van der Waals surface area contributed by atoms with Crippen molar-refractivity contribution in [1.29, 1.82) is 0 Å². The lowest BCUT2D eigenvalue weighted by molar-refractivity contribution is 0.425. The Labute approximate surface area is 151 Å². The van der Waals surface area contributed by atoms with Gasteiger partial charge >= 0.3 is 0 Å². The van der Waals surface area contributed by atoms with Crippen LogP contribution in [-0.2, 0) is 0 Å². The van der Waals surface area contributed by atoms with Gasteiger partial charge in [0, 0.05) is 26.7 Å². The van der Waals surface area contributed by atoms with E-state index in [0.717, 1.165) is 22.0 Å². The second-order valence-corrected chi connectivity index (χ2v) is 7.61. The van der Waals surface area contributed by atoms with E-state index in [-0.39, 0.29) is 6.04 Å². The SMILES string of the molecule is Cc1cc(Cl)cc2c1N[C@H](c1ccc(Cl)cc1Cl)[C@@H]1CC=C[C@H]21. The highest BCUT2D eigenvalue weighted by molar-refractivity contribution is 6.35. The number of fused-ring (bicyclic) bond motifs is 3. The van der Waals surface area contributed by atoms with Crippen LogP contribution >= 0.6 is 34.8 Å². The van der Waals surface area contributed by atoms with E-state index in [0.29, 0.717) is 16.9 Å². The summed E-state index contributed by atoms with van der Waals surface area (Å²) in [5, 5.41) is 5.89. The minimum Gasteiger partial charge on any atom is -0.377 e. The molecule has 1 aliphatic carbocycles. The van der Waals surface area contributed by atoms with Crippen LogP contribution in [0.1, 0.15) is 35.1 Å². The van der Waals surface area contributed by atoms with Gasteiger partial charge in [-0.2, -0.15) is 0 Å². The highest BCUT2D eigenvalue weighted by Gasteiger charge is 2.39. The van der Waals surface area contributed by atoms with Gasteiger partial charge in [0.1, 0.15) is 0 Å². The van der Waals surface area contributed by atoms with Crippen LogP contribution in [0.2, 0.25) is 15.1 Å². The molecule has 1 nitrogen and oxygen atoms in total. The normalized spacial score (nSPS) is 25.0. The number of hydrogen-bond donors (Lipinski definition) is 1. The Morgan fingerprint density at radius 3 is 2.61 bits per heavy atom. The monoisotopic (exact) mass is 363 g/mol. The number of anilines is 1. The van der Waals surface area contributed by atoms with Gasteiger partial charge in [0.15, 0.2) is 0 Å². The molecule has 0 saturated carbocycles. The van der Waals surface area contributed by atoms with Crippen LogP contribution in [0.3, 0.4) is 0 Å². The molecule has 2 aromatic rings. The molecule has 0 amide bonds. The Bertz CT molecular complexity index is 813. The number of allylic oxidation sites excluding steroid dienone is 2. The number of aryl methyl sites for hydroxylation is 1. The van der Waals surface area contributed by atoms with Crippen LogP contribution in [-0.4, -0.2) is 0 Å². The molecule has 1 N–H and O–H groups in total. The second kappa shape index (κ2) is 5.73. The second-order valence-electron chi connectivity index (χ2n) is 6.33. The van der Waals surface area contributed by atoms with Crippen LogP contribution in [0.5, 0.6) is 0 Å². The van der Waals surface area contributed by atoms with E-state index in [4.69, 9.17) is 34.8 Å². The molecule has 0 radical (unpaired) electrons. The lowest BCUT2D eigenvalue weighted by Crippen LogP contribution is -2.29. The zero-order chi connectivity index (χ0) is 16.1. The first-order chi connectivity index (χ1) is 11.0. The van der Waals surface area contributed by atoms with E-state index in [1.54, 1.807) is 0 Å². The molecule has 1 aliphatic heterocycles. The lowest BCUT2D eigenvalue weighted by Gasteiger charge is -2.38. The van der Waals surface area contributed by atoms with Gasteiger partial charge in [0.25, 0.3) is 0 Å². The van der Waals surface area contributed by atoms with Gasteiger partial charge in [-0.25, -0.2) is 0 Å². The summed E-state index contributed by atoms with van der Waals surface area (Å²) in [7, 11) is 0. The topological polar surface area (TPSA) is 12.0 Å². The summed E-state index contributed by atoms with van der Waals surface area (Å²) in [4.78, 5) is 0. The molecule has 2 aliphatic rings. The Morgan fingerprint density at radius 1 is 1.00 bits per heavy atom. The summed E-state index contributed by atoms with van der Waals surface area (Å²) >= 11 is 18.8. The van der Waals surface area contributed by atoms with Gasteiger partial charge in [0.05, 0.1) is 6.04 Å². The van der Waals surface area contributed by atoms with Crippen molar-refractivity contribution in [3.05, 3.63) is 74.2 Å². The van der Waals surface area contributed by atoms with Crippen molar-refractivity contribution in [2.45, 2.75) is 25.3 Å². The third kappa shape index (κ3) is 2.55. The van der Waals surface area contributed by atoms with Crippen molar-refractivity contribution in [2.75, 3.05) is 5.32 Å². The predicted molar refractivity (Wildman–Crippen MR) is 99.0 cm³/mol. The Balaban J connectivity index is 1.84. The van der Waals surface area contributed by atoms with Crippen molar-refractivity contribution < 1.29 is 0 Å². The van der Waals surface area contributed by atoms with Crippen LogP contribution in [0.4, 0.5) is 5.69 Å². The van der Waals surface area contributed by atoms with Crippen molar-refractivity contribution >= 4 is 40.5 Å².